The minimum atomic E-state index is -0.456. The highest BCUT2D eigenvalue weighted by Gasteiger charge is 2.03. The predicted molar refractivity (Wildman–Crippen MR) is 82.5 cm³/mol. The van der Waals surface area contributed by atoms with Gasteiger partial charge in [0.1, 0.15) is 6.61 Å². The van der Waals surface area contributed by atoms with E-state index in [0.29, 0.717) is 11.4 Å². The maximum absolute atomic E-state index is 10.9. The molecular weight excluding hydrogens is 342 g/mol. The molecule has 104 valence electrons. The molecule has 0 saturated carbocycles. The number of oxime groups is 1. The molecule has 0 unspecified atom stereocenters. The summed E-state index contributed by atoms with van der Waals surface area (Å²) < 4.78 is 0.956. The van der Waals surface area contributed by atoms with Crippen molar-refractivity contribution in [1.29, 1.82) is 0 Å². The fourth-order valence-corrected chi connectivity index (χ4v) is 2.76. The Hall–Kier alpha value is -1.86. The molecule has 4 N–H and O–H groups in total. The lowest BCUT2D eigenvalue weighted by atomic mass is 10.1. The SMILES string of the molecule is NC(=O)c1ccc(CON=C(N)c2cc(Br)cs2)cc1. The van der Waals surface area contributed by atoms with E-state index < -0.39 is 5.91 Å². The van der Waals surface area contributed by atoms with E-state index in [4.69, 9.17) is 16.3 Å². The summed E-state index contributed by atoms with van der Waals surface area (Å²) in [6, 6.07) is 8.67. The van der Waals surface area contributed by atoms with Gasteiger partial charge in [-0.25, -0.2) is 0 Å². The Labute approximate surface area is 128 Å². The number of amides is 1. The second kappa shape index (κ2) is 6.53. The monoisotopic (exact) mass is 353 g/mol. The molecular formula is C13H12BrN3O2S. The molecule has 0 aliphatic heterocycles. The van der Waals surface area contributed by atoms with Crippen molar-refractivity contribution in [3.8, 4) is 0 Å². The van der Waals surface area contributed by atoms with Crippen LogP contribution in [0.15, 0.2) is 45.3 Å². The van der Waals surface area contributed by atoms with Crippen LogP contribution in [-0.2, 0) is 11.4 Å². The number of halogens is 1. The third-order valence-electron chi connectivity index (χ3n) is 2.45. The number of thiophene rings is 1. The van der Waals surface area contributed by atoms with Crippen molar-refractivity contribution in [2.45, 2.75) is 6.61 Å². The minimum Gasteiger partial charge on any atom is -0.389 e. The molecule has 1 aromatic heterocycles. The number of hydrogen-bond donors (Lipinski definition) is 2. The summed E-state index contributed by atoms with van der Waals surface area (Å²) in [5.41, 5.74) is 12.3. The van der Waals surface area contributed by atoms with Crippen LogP contribution in [0.5, 0.6) is 0 Å². The van der Waals surface area contributed by atoms with Gasteiger partial charge in [-0.3, -0.25) is 4.79 Å². The first-order valence-electron chi connectivity index (χ1n) is 5.65. The van der Waals surface area contributed by atoms with E-state index >= 15 is 0 Å². The zero-order valence-corrected chi connectivity index (χ0v) is 12.8. The smallest absolute Gasteiger partial charge is 0.248 e. The molecule has 0 aliphatic rings. The Morgan fingerprint density at radius 1 is 1.30 bits per heavy atom. The van der Waals surface area contributed by atoms with E-state index in [9.17, 15) is 4.79 Å². The molecule has 2 rings (SSSR count). The van der Waals surface area contributed by atoms with Crippen molar-refractivity contribution in [2.24, 2.45) is 16.6 Å². The normalized spacial score (nSPS) is 11.3. The van der Waals surface area contributed by atoms with Gasteiger partial charge in [-0.2, -0.15) is 0 Å². The Morgan fingerprint density at radius 3 is 2.55 bits per heavy atom. The van der Waals surface area contributed by atoms with E-state index in [1.807, 2.05) is 11.4 Å². The van der Waals surface area contributed by atoms with Gasteiger partial charge in [-0.1, -0.05) is 17.3 Å². The highest BCUT2D eigenvalue weighted by Crippen LogP contribution is 2.19. The van der Waals surface area contributed by atoms with Crippen molar-refractivity contribution in [3.63, 3.8) is 0 Å². The van der Waals surface area contributed by atoms with Crippen molar-refractivity contribution in [2.75, 3.05) is 0 Å². The molecule has 0 fully saturated rings. The highest BCUT2D eigenvalue weighted by molar-refractivity contribution is 9.10. The standard InChI is InChI=1S/C13H12BrN3O2S/c14-10-5-11(20-7-10)12(15)17-19-6-8-1-3-9(4-2-8)13(16)18/h1-5,7H,6H2,(H2,15,17)(H2,16,18). The number of carbonyl (C=O) groups excluding carboxylic acids is 1. The number of benzene rings is 1. The van der Waals surface area contributed by atoms with Crippen LogP contribution in [0.1, 0.15) is 20.8 Å². The van der Waals surface area contributed by atoms with E-state index in [2.05, 4.69) is 21.1 Å². The average Bonchev–Trinajstić information content (AvgIpc) is 2.86. The molecule has 20 heavy (non-hydrogen) atoms. The minimum absolute atomic E-state index is 0.270. The van der Waals surface area contributed by atoms with Gasteiger partial charge in [0.25, 0.3) is 0 Å². The van der Waals surface area contributed by atoms with Gasteiger partial charge < -0.3 is 16.3 Å². The third-order valence-corrected chi connectivity index (χ3v) is 4.17. The molecule has 7 heteroatoms. The van der Waals surface area contributed by atoms with Crippen LogP contribution in [0.4, 0.5) is 0 Å². The van der Waals surface area contributed by atoms with Crippen LogP contribution < -0.4 is 11.5 Å². The first-order chi connectivity index (χ1) is 9.56. The van der Waals surface area contributed by atoms with Gasteiger partial charge in [0.15, 0.2) is 5.84 Å². The molecule has 0 saturated heterocycles. The summed E-state index contributed by atoms with van der Waals surface area (Å²) in [6.07, 6.45) is 0. The zero-order chi connectivity index (χ0) is 14.5. The molecule has 1 amide bonds. The molecule has 2 aromatic rings. The van der Waals surface area contributed by atoms with Crippen LogP contribution in [0, 0.1) is 0 Å². The van der Waals surface area contributed by atoms with Crippen LogP contribution in [0.25, 0.3) is 0 Å². The highest BCUT2D eigenvalue weighted by atomic mass is 79.9. The van der Waals surface area contributed by atoms with Gasteiger partial charge in [0.05, 0.1) is 4.88 Å². The summed E-state index contributed by atoms with van der Waals surface area (Å²) >= 11 is 4.82. The van der Waals surface area contributed by atoms with Gasteiger partial charge in [-0.15, -0.1) is 11.3 Å². The molecule has 0 radical (unpaired) electrons. The second-order valence-electron chi connectivity index (χ2n) is 3.94. The number of primary amides is 1. The second-order valence-corrected chi connectivity index (χ2v) is 5.77. The molecule has 5 nitrogen and oxygen atoms in total. The topological polar surface area (TPSA) is 90.7 Å². The zero-order valence-electron chi connectivity index (χ0n) is 10.4. The lowest BCUT2D eigenvalue weighted by Crippen LogP contribution is -2.12. The van der Waals surface area contributed by atoms with Crippen LogP contribution in [0.2, 0.25) is 0 Å². The molecule has 0 atom stereocenters. The Morgan fingerprint density at radius 2 is 2.00 bits per heavy atom. The Kier molecular flexibility index (Phi) is 4.75. The van der Waals surface area contributed by atoms with E-state index in [0.717, 1.165) is 14.9 Å². The number of nitrogens with zero attached hydrogens (tertiary/aromatic N) is 1. The lowest BCUT2D eigenvalue weighted by molar-refractivity contribution is 0.1000. The van der Waals surface area contributed by atoms with Gasteiger partial charge in [-0.05, 0) is 39.7 Å². The number of nitrogens with two attached hydrogens (primary N) is 2. The predicted octanol–water partition coefficient (Wildman–Crippen LogP) is 2.45. The fourth-order valence-electron chi connectivity index (χ4n) is 1.43. The maximum atomic E-state index is 10.9. The van der Waals surface area contributed by atoms with E-state index in [1.54, 1.807) is 24.3 Å². The van der Waals surface area contributed by atoms with Gasteiger partial charge in [0.2, 0.25) is 5.91 Å². The summed E-state index contributed by atoms with van der Waals surface area (Å²) in [6.45, 7) is 0.270. The van der Waals surface area contributed by atoms with Gasteiger partial charge in [0, 0.05) is 15.4 Å². The van der Waals surface area contributed by atoms with Crippen molar-refractivity contribution < 1.29 is 9.63 Å². The number of hydrogen-bond acceptors (Lipinski definition) is 4. The molecule has 0 bridgehead atoms. The maximum Gasteiger partial charge on any atom is 0.248 e. The van der Waals surface area contributed by atoms with Crippen LogP contribution in [0.3, 0.4) is 0 Å². The number of rotatable bonds is 5. The first-order valence-corrected chi connectivity index (χ1v) is 7.32. The molecule has 1 heterocycles. The van der Waals surface area contributed by atoms with Crippen molar-refractivity contribution in [3.05, 3.63) is 56.2 Å². The van der Waals surface area contributed by atoms with Crippen LogP contribution >= 0.6 is 27.3 Å². The Bertz CT molecular complexity index is 637. The first kappa shape index (κ1) is 14.5. The average molecular weight is 354 g/mol. The van der Waals surface area contributed by atoms with Crippen molar-refractivity contribution in [1.82, 2.24) is 0 Å². The van der Waals surface area contributed by atoms with Gasteiger partial charge >= 0.3 is 0 Å². The number of amidine groups is 1. The summed E-state index contributed by atoms with van der Waals surface area (Å²) in [5, 5.41) is 5.77. The summed E-state index contributed by atoms with van der Waals surface area (Å²) in [7, 11) is 0. The van der Waals surface area contributed by atoms with E-state index in [-0.39, 0.29) is 6.61 Å². The van der Waals surface area contributed by atoms with Crippen LogP contribution in [-0.4, -0.2) is 11.7 Å². The number of carbonyl (C=O) groups is 1. The lowest BCUT2D eigenvalue weighted by Gasteiger charge is -2.02. The quantitative estimate of drug-likeness (QED) is 0.491. The largest absolute Gasteiger partial charge is 0.389 e. The molecule has 1 aromatic carbocycles. The third kappa shape index (κ3) is 3.82. The summed E-state index contributed by atoms with van der Waals surface area (Å²) in [5.74, 6) is -0.127. The fraction of sp³-hybridized carbons (Fsp3) is 0.0769. The molecule has 0 aliphatic carbocycles. The molecule has 0 spiro atoms. The van der Waals surface area contributed by atoms with E-state index in [1.165, 1.54) is 11.3 Å². The van der Waals surface area contributed by atoms with Crippen molar-refractivity contribution >= 4 is 39.0 Å². The Balaban J connectivity index is 1.93. The summed E-state index contributed by atoms with van der Waals surface area (Å²) in [4.78, 5) is 16.9.